The molecule has 4 nitrogen and oxygen atoms in total. The highest BCUT2D eigenvalue weighted by Gasteiger charge is 2.10. The Hall–Kier alpha value is -3.18. The molecule has 134 valence electrons. The lowest BCUT2D eigenvalue weighted by atomic mass is 10.1. The van der Waals surface area contributed by atoms with Crippen LogP contribution in [0.4, 0.5) is 22.9 Å². The number of carbonyl (C=O) groups excluding carboxylic acids is 1. The number of rotatable bonds is 5. The van der Waals surface area contributed by atoms with Crippen LogP contribution in [0, 0.1) is 6.92 Å². The van der Waals surface area contributed by atoms with Gasteiger partial charge in [0.2, 0.25) is 0 Å². The van der Waals surface area contributed by atoms with Crippen LogP contribution in [-0.2, 0) is 0 Å². The van der Waals surface area contributed by atoms with E-state index in [0.29, 0.717) is 5.56 Å². The predicted molar refractivity (Wildman–Crippen MR) is 114 cm³/mol. The highest BCUT2D eigenvalue weighted by molar-refractivity contribution is 7.08. The van der Waals surface area contributed by atoms with Gasteiger partial charge in [0.25, 0.3) is 0 Å². The minimum absolute atomic E-state index is 0.0439. The number of nitrogens with zero attached hydrogens (tertiary/aromatic N) is 1. The number of anilines is 4. The van der Waals surface area contributed by atoms with Gasteiger partial charge in [-0.2, -0.15) is 11.3 Å². The lowest BCUT2D eigenvalue weighted by Gasteiger charge is -2.15. The second-order valence-electron chi connectivity index (χ2n) is 6.41. The number of carbonyl (C=O) groups is 1. The van der Waals surface area contributed by atoms with Crippen molar-refractivity contribution >= 4 is 50.8 Å². The molecule has 0 aliphatic heterocycles. The summed E-state index contributed by atoms with van der Waals surface area (Å²) < 4.78 is 0. The first kappa shape index (κ1) is 17.2. The fourth-order valence-corrected chi connectivity index (χ4v) is 3.65. The van der Waals surface area contributed by atoms with Crippen molar-refractivity contribution < 1.29 is 4.79 Å². The molecule has 0 atom stereocenters. The number of Topliss-reactive ketones (excluding diaryl/α,β-unsaturated/α-hetero) is 1. The van der Waals surface area contributed by atoms with Gasteiger partial charge < -0.3 is 10.6 Å². The Kier molecular flexibility index (Phi) is 4.60. The Morgan fingerprint density at radius 1 is 1.00 bits per heavy atom. The summed E-state index contributed by atoms with van der Waals surface area (Å²) in [4.78, 5) is 16.2. The van der Waals surface area contributed by atoms with Gasteiger partial charge in [0.1, 0.15) is 5.82 Å². The topological polar surface area (TPSA) is 54.0 Å². The number of ketones is 1. The normalized spacial score (nSPS) is 10.7. The molecule has 0 radical (unpaired) electrons. The summed E-state index contributed by atoms with van der Waals surface area (Å²) in [6.07, 6.45) is 1.80. The summed E-state index contributed by atoms with van der Waals surface area (Å²) >= 11 is 1.66. The Bertz CT molecular complexity index is 1120. The number of hydrogen-bond donors (Lipinski definition) is 2. The SMILES string of the molecule is CC(=O)c1cccc(Nc2nccc3c(Nc4ccsc4)c(C)ccc23)c1. The minimum Gasteiger partial charge on any atom is -0.354 e. The number of thiophene rings is 1. The largest absolute Gasteiger partial charge is 0.354 e. The van der Waals surface area contributed by atoms with E-state index in [-0.39, 0.29) is 5.78 Å². The van der Waals surface area contributed by atoms with E-state index in [2.05, 4.69) is 51.5 Å². The Morgan fingerprint density at radius 2 is 1.89 bits per heavy atom. The molecule has 5 heteroatoms. The molecule has 4 aromatic rings. The molecule has 27 heavy (non-hydrogen) atoms. The number of aromatic nitrogens is 1. The number of benzene rings is 2. The minimum atomic E-state index is 0.0439. The maximum absolute atomic E-state index is 11.6. The third-order valence-corrected chi connectivity index (χ3v) is 5.16. The maximum atomic E-state index is 11.6. The van der Waals surface area contributed by atoms with Gasteiger partial charge >= 0.3 is 0 Å². The van der Waals surface area contributed by atoms with Gasteiger partial charge in [0.05, 0.1) is 0 Å². The van der Waals surface area contributed by atoms with Crippen LogP contribution >= 0.6 is 11.3 Å². The molecule has 0 fully saturated rings. The third-order valence-electron chi connectivity index (χ3n) is 4.48. The lowest BCUT2D eigenvalue weighted by molar-refractivity contribution is 0.101. The van der Waals surface area contributed by atoms with E-state index in [0.717, 1.165) is 33.7 Å². The van der Waals surface area contributed by atoms with Crippen molar-refractivity contribution in [1.29, 1.82) is 0 Å². The standard InChI is InChI=1S/C22H19N3OS/c1-14-6-7-20-19(21(14)24-18-9-11-27-13-18)8-10-23-22(20)25-17-5-3-4-16(12-17)15(2)26/h3-13,24H,1-2H3,(H,23,25). The van der Waals surface area contributed by atoms with Crippen molar-refractivity contribution in [2.45, 2.75) is 13.8 Å². The van der Waals surface area contributed by atoms with Crippen molar-refractivity contribution in [3.05, 3.63) is 76.6 Å². The van der Waals surface area contributed by atoms with Crippen LogP contribution in [0.15, 0.2) is 65.5 Å². The molecule has 0 aliphatic carbocycles. The fraction of sp³-hybridized carbons (Fsp3) is 0.0909. The molecule has 0 amide bonds. The molecular weight excluding hydrogens is 354 g/mol. The molecule has 2 aromatic carbocycles. The zero-order valence-corrected chi connectivity index (χ0v) is 15.9. The van der Waals surface area contributed by atoms with Gasteiger partial charge in [-0.25, -0.2) is 4.98 Å². The third kappa shape index (κ3) is 3.55. The lowest BCUT2D eigenvalue weighted by Crippen LogP contribution is -1.99. The summed E-state index contributed by atoms with van der Waals surface area (Å²) in [6.45, 7) is 3.67. The molecule has 0 saturated carbocycles. The number of aryl methyl sites for hydroxylation is 1. The van der Waals surface area contributed by atoms with E-state index in [9.17, 15) is 4.79 Å². The van der Waals surface area contributed by atoms with Gasteiger partial charge in [-0.1, -0.05) is 24.3 Å². The van der Waals surface area contributed by atoms with Crippen molar-refractivity contribution in [2.24, 2.45) is 0 Å². The van der Waals surface area contributed by atoms with E-state index in [4.69, 9.17) is 0 Å². The molecule has 2 N–H and O–H groups in total. The van der Waals surface area contributed by atoms with Crippen LogP contribution < -0.4 is 10.6 Å². The van der Waals surface area contributed by atoms with E-state index in [1.807, 2.05) is 30.3 Å². The second-order valence-corrected chi connectivity index (χ2v) is 7.19. The van der Waals surface area contributed by atoms with E-state index >= 15 is 0 Å². The van der Waals surface area contributed by atoms with Crippen LogP contribution in [0.25, 0.3) is 10.8 Å². The summed E-state index contributed by atoms with van der Waals surface area (Å²) in [5, 5.41) is 13.1. The van der Waals surface area contributed by atoms with E-state index in [1.165, 1.54) is 5.56 Å². The molecule has 2 aromatic heterocycles. The molecular formula is C22H19N3OS. The fourth-order valence-electron chi connectivity index (χ4n) is 3.06. The molecule has 4 rings (SSSR count). The average molecular weight is 373 g/mol. The highest BCUT2D eigenvalue weighted by Crippen LogP contribution is 2.34. The van der Waals surface area contributed by atoms with Gasteiger partial charge in [-0.15, -0.1) is 0 Å². The Morgan fingerprint density at radius 3 is 2.67 bits per heavy atom. The first-order valence-electron chi connectivity index (χ1n) is 8.67. The average Bonchev–Trinajstić information content (AvgIpc) is 3.18. The number of hydrogen-bond acceptors (Lipinski definition) is 5. The maximum Gasteiger partial charge on any atom is 0.159 e. The molecule has 0 bridgehead atoms. The summed E-state index contributed by atoms with van der Waals surface area (Å²) in [5.41, 5.74) is 4.85. The van der Waals surface area contributed by atoms with Crippen molar-refractivity contribution in [1.82, 2.24) is 4.98 Å². The summed E-state index contributed by atoms with van der Waals surface area (Å²) in [5.74, 6) is 0.809. The summed E-state index contributed by atoms with van der Waals surface area (Å²) in [7, 11) is 0. The van der Waals surface area contributed by atoms with Crippen LogP contribution in [-0.4, -0.2) is 10.8 Å². The Labute approximate surface area is 161 Å². The molecule has 0 unspecified atom stereocenters. The van der Waals surface area contributed by atoms with E-state index < -0.39 is 0 Å². The quantitative estimate of drug-likeness (QED) is 0.403. The van der Waals surface area contributed by atoms with Gasteiger partial charge in [-0.05, 0) is 49.1 Å². The number of fused-ring (bicyclic) bond motifs is 1. The molecule has 0 spiro atoms. The van der Waals surface area contributed by atoms with Crippen LogP contribution in [0.2, 0.25) is 0 Å². The van der Waals surface area contributed by atoms with Crippen LogP contribution in [0.3, 0.4) is 0 Å². The zero-order valence-electron chi connectivity index (χ0n) is 15.1. The van der Waals surface area contributed by atoms with Crippen molar-refractivity contribution in [3.8, 4) is 0 Å². The number of nitrogens with one attached hydrogen (secondary N) is 2. The first-order valence-corrected chi connectivity index (χ1v) is 9.61. The van der Waals surface area contributed by atoms with Crippen molar-refractivity contribution in [2.75, 3.05) is 10.6 Å². The van der Waals surface area contributed by atoms with Gasteiger partial charge in [0.15, 0.2) is 5.78 Å². The smallest absolute Gasteiger partial charge is 0.159 e. The highest BCUT2D eigenvalue weighted by atomic mass is 32.1. The van der Waals surface area contributed by atoms with Gasteiger partial charge in [0, 0.05) is 45.0 Å². The number of pyridine rings is 1. The summed E-state index contributed by atoms with van der Waals surface area (Å²) in [6, 6.07) is 15.7. The van der Waals surface area contributed by atoms with E-state index in [1.54, 1.807) is 24.5 Å². The Balaban J connectivity index is 1.76. The predicted octanol–water partition coefficient (Wildman–Crippen LogP) is 6.29. The monoisotopic (exact) mass is 373 g/mol. The zero-order chi connectivity index (χ0) is 18.8. The first-order chi connectivity index (χ1) is 13.1. The van der Waals surface area contributed by atoms with Crippen LogP contribution in [0.1, 0.15) is 22.8 Å². The molecule has 2 heterocycles. The van der Waals surface area contributed by atoms with Gasteiger partial charge in [-0.3, -0.25) is 4.79 Å². The second kappa shape index (κ2) is 7.21. The molecule has 0 aliphatic rings. The van der Waals surface area contributed by atoms with Crippen molar-refractivity contribution in [3.63, 3.8) is 0 Å². The van der Waals surface area contributed by atoms with Crippen LogP contribution in [0.5, 0.6) is 0 Å². The molecule has 0 saturated heterocycles.